The van der Waals surface area contributed by atoms with Crippen LogP contribution in [0.4, 0.5) is 17.1 Å². The monoisotopic (exact) mass is 418 g/mol. The van der Waals surface area contributed by atoms with Gasteiger partial charge in [-0.2, -0.15) is 0 Å². The van der Waals surface area contributed by atoms with Crippen molar-refractivity contribution in [3.05, 3.63) is 59.8 Å². The predicted molar refractivity (Wildman–Crippen MR) is 127 cm³/mol. The number of carbonyl (C=O) groups is 1. The Morgan fingerprint density at radius 1 is 1.06 bits per heavy atom. The quantitative estimate of drug-likeness (QED) is 0.596. The van der Waals surface area contributed by atoms with Crippen molar-refractivity contribution in [2.24, 2.45) is 0 Å². The van der Waals surface area contributed by atoms with Crippen molar-refractivity contribution in [2.45, 2.75) is 20.3 Å². The van der Waals surface area contributed by atoms with E-state index < -0.39 is 0 Å². The number of benzene rings is 2. The summed E-state index contributed by atoms with van der Waals surface area (Å²) in [5, 5.41) is 4.40. The largest absolute Gasteiger partial charge is 0.462 e. The Labute approximate surface area is 183 Å². The molecular formula is C25H30N4O2. The third-order valence-corrected chi connectivity index (χ3v) is 5.86. The summed E-state index contributed by atoms with van der Waals surface area (Å²) in [6.45, 7) is 8.46. The molecule has 1 aromatic heterocycles. The number of rotatable bonds is 6. The fourth-order valence-electron chi connectivity index (χ4n) is 4.03. The standard InChI is InChI=1S/C25H30N4O2/c1-4-18-7-6-8-21-23(18)26-17-22(25(30)31-5-2)24(21)27-19-9-11-20(12-10-19)29-15-13-28(3)14-16-29/h6-12,17H,4-5,13-16H2,1-3H3,(H,26,27). The van der Waals surface area contributed by atoms with E-state index in [0.717, 1.165) is 60.4 Å². The molecule has 1 aliphatic heterocycles. The van der Waals surface area contributed by atoms with Crippen LogP contribution in [0.15, 0.2) is 48.7 Å². The number of piperazine rings is 1. The van der Waals surface area contributed by atoms with Crippen molar-refractivity contribution in [1.82, 2.24) is 9.88 Å². The van der Waals surface area contributed by atoms with Crippen molar-refractivity contribution >= 4 is 33.9 Å². The molecule has 6 heteroatoms. The van der Waals surface area contributed by atoms with Crippen LogP contribution in [0.3, 0.4) is 0 Å². The number of hydrogen-bond donors (Lipinski definition) is 1. The van der Waals surface area contributed by atoms with E-state index in [1.54, 1.807) is 6.20 Å². The van der Waals surface area contributed by atoms with Gasteiger partial charge in [0.1, 0.15) is 5.56 Å². The van der Waals surface area contributed by atoms with Gasteiger partial charge < -0.3 is 19.9 Å². The molecule has 2 heterocycles. The molecular weight excluding hydrogens is 388 g/mol. The minimum atomic E-state index is -0.365. The highest BCUT2D eigenvalue weighted by molar-refractivity contribution is 6.06. The Bertz CT molecular complexity index is 1060. The molecule has 0 saturated carbocycles. The summed E-state index contributed by atoms with van der Waals surface area (Å²) in [6, 6.07) is 14.5. The molecule has 0 atom stereocenters. The Balaban J connectivity index is 1.67. The first-order valence-corrected chi connectivity index (χ1v) is 11.0. The second kappa shape index (κ2) is 9.35. The number of aromatic nitrogens is 1. The molecule has 162 valence electrons. The molecule has 0 radical (unpaired) electrons. The summed E-state index contributed by atoms with van der Waals surface area (Å²) in [4.78, 5) is 22.0. The lowest BCUT2D eigenvalue weighted by molar-refractivity contribution is 0.0527. The van der Waals surface area contributed by atoms with E-state index in [0.29, 0.717) is 12.2 Å². The van der Waals surface area contributed by atoms with E-state index in [-0.39, 0.29) is 5.97 Å². The van der Waals surface area contributed by atoms with Gasteiger partial charge in [-0.05, 0) is 50.2 Å². The average Bonchev–Trinajstić information content (AvgIpc) is 2.80. The normalized spacial score (nSPS) is 14.6. The first-order chi connectivity index (χ1) is 15.1. The number of carbonyl (C=O) groups excluding carboxylic acids is 1. The van der Waals surface area contributed by atoms with Crippen molar-refractivity contribution in [3.63, 3.8) is 0 Å². The smallest absolute Gasteiger partial charge is 0.341 e. The number of esters is 1. The number of pyridine rings is 1. The highest BCUT2D eigenvalue weighted by Crippen LogP contribution is 2.32. The highest BCUT2D eigenvalue weighted by Gasteiger charge is 2.19. The van der Waals surface area contributed by atoms with Crippen LogP contribution in [0.2, 0.25) is 0 Å². The first kappa shape index (κ1) is 21.1. The van der Waals surface area contributed by atoms with Crippen molar-refractivity contribution in [2.75, 3.05) is 50.1 Å². The van der Waals surface area contributed by atoms with Crippen molar-refractivity contribution in [3.8, 4) is 0 Å². The van der Waals surface area contributed by atoms with Crippen LogP contribution in [0.5, 0.6) is 0 Å². The van der Waals surface area contributed by atoms with Crippen LogP contribution in [0.1, 0.15) is 29.8 Å². The van der Waals surface area contributed by atoms with Gasteiger partial charge in [-0.15, -0.1) is 0 Å². The van der Waals surface area contributed by atoms with Gasteiger partial charge in [0, 0.05) is 49.1 Å². The number of para-hydroxylation sites is 1. The maximum atomic E-state index is 12.6. The van der Waals surface area contributed by atoms with Crippen LogP contribution >= 0.6 is 0 Å². The zero-order valence-electron chi connectivity index (χ0n) is 18.5. The van der Waals surface area contributed by atoms with Crippen LogP contribution in [-0.2, 0) is 11.2 Å². The van der Waals surface area contributed by atoms with E-state index in [1.165, 1.54) is 5.69 Å². The van der Waals surface area contributed by atoms with E-state index in [9.17, 15) is 4.79 Å². The number of likely N-dealkylation sites (N-methyl/N-ethyl adjacent to an activating group) is 1. The second-order valence-corrected chi connectivity index (χ2v) is 7.90. The number of nitrogens with one attached hydrogen (secondary N) is 1. The fourth-order valence-corrected chi connectivity index (χ4v) is 4.03. The van der Waals surface area contributed by atoms with E-state index in [4.69, 9.17) is 4.74 Å². The fraction of sp³-hybridized carbons (Fsp3) is 0.360. The summed E-state index contributed by atoms with van der Waals surface area (Å²) in [7, 11) is 2.16. The molecule has 2 aromatic carbocycles. The zero-order valence-corrected chi connectivity index (χ0v) is 18.5. The van der Waals surface area contributed by atoms with Gasteiger partial charge in [-0.25, -0.2) is 4.79 Å². The third-order valence-electron chi connectivity index (χ3n) is 5.86. The van der Waals surface area contributed by atoms with Gasteiger partial charge >= 0.3 is 5.97 Å². The molecule has 0 spiro atoms. The van der Waals surface area contributed by atoms with Crippen LogP contribution in [-0.4, -0.2) is 55.7 Å². The summed E-state index contributed by atoms with van der Waals surface area (Å²) in [6.07, 6.45) is 2.50. The zero-order chi connectivity index (χ0) is 21.8. The summed E-state index contributed by atoms with van der Waals surface area (Å²) in [5.41, 5.74) is 5.41. The van der Waals surface area contributed by atoms with Gasteiger partial charge in [-0.3, -0.25) is 4.98 Å². The van der Waals surface area contributed by atoms with Crippen LogP contribution in [0.25, 0.3) is 10.9 Å². The predicted octanol–water partition coefficient (Wildman–Crippen LogP) is 4.47. The number of nitrogens with zero attached hydrogens (tertiary/aromatic N) is 3. The maximum absolute atomic E-state index is 12.6. The van der Waals surface area contributed by atoms with Crippen LogP contribution in [0, 0.1) is 0 Å². The number of fused-ring (bicyclic) bond motifs is 1. The topological polar surface area (TPSA) is 57.7 Å². The van der Waals surface area contributed by atoms with E-state index >= 15 is 0 Å². The Kier molecular flexibility index (Phi) is 6.37. The minimum absolute atomic E-state index is 0.324. The Morgan fingerprint density at radius 3 is 2.48 bits per heavy atom. The molecule has 1 saturated heterocycles. The lowest BCUT2D eigenvalue weighted by atomic mass is 10.0. The molecule has 0 bridgehead atoms. The molecule has 4 rings (SSSR count). The Hall–Kier alpha value is -3.12. The summed E-state index contributed by atoms with van der Waals surface area (Å²) in [5.74, 6) is -0.365. The van der Waals surface area contributed by atoms with Gasteiger partial charge in [-0.1, -0.05) is 25.1 Å². The van der Waals surface area contributed by atoms with Crippen LogP contribution < -0.4 is 10.2 Å². The SMILES string of the molecule is CCOC(=O)c1cnc2c(CC)cccc2c1Nc1ccc(N2CCN(C)CC2)cc1. The molecule has 0 unspecified atom stereocenters. The lowest BCUT2D eigenvalue weighted by Gasteiger charge is -2.34. The summed E-state index contributed by atoms with van der Waals surface area (Å²) < 4.78 is 5.29. The molecule has 1 N–H and O–H groups in total. The molecule has 6 nitrogen and oxygen atoms in total. The number of anilines is 3. The maximum Gasteiger partial charge on any atom is 0.341 e. The van der Waals surface area contributed by atoms with Crippen molar-refractivity contribution in [1.29, 1.82) is 0 Å². The first-order valence-electron chi connectivity index (χ1n) is 11.0. The number of ether oxygens (including phenoxy) is 1. The lowest BCUT2D eigenvalue weighted by Crippen LogP contribution is -2.44. The molecule has 31 heavy (non-hydrogen) atoms. The molecule has 3 aromatic rings. The minimum Gasteiger partial charge on any atom is -0.462 e. The average molecular weight is 419 g/mol. The Morgan fingerprint density at radius 2 is 1.81 bits per heavy atom. The van der Waals surface area contributed by atoms with Gasteiger partial charge in [0.25, 0.3) is 0 Å². The van der Waals surface area contributed by atoms with E-state index in [2.05, 4.69) is 64.4 Å². The van der Waals surface area contributed by atoms with Gasteiger partial charge in [0.05, 0.1) is 17.8 Å². The third kappa shape index (κ3) is 4.49. The van der Waals surface area contributed by atoms with Crippen molar-refractivity contribution < 1.29 is 9.53 Å². The van der Waals surface area contributed by atoms with Gasteiger partial charge in [0.2, 0.25) is 0 Å². The molecule has 1 fully saturated rings. The number of hydrogen-bond acceptors (Lipinski definition) is 6. The summed E-state index contributed by atoms with van der Waals surface area (Å²) >= 11 is 0. The molecule has 1 aliphatic rings. The van der Waals surface area contributed by atoms with Gasteiger partial charge in [0.15, 0.2) is 0 Å². The van der Waals surface area contributed by atoms with E-state index in [1.807, 2.05) is 19.1 Å². The molecule has 0 amide bonds. The highest BCUT2D eigenvalue weighted by atomic mass is 16.5. The number of aryl methyl sites for hydroxylation is 1. The second-order valence-electron chi connectivity index (χ2n) is 7.90. The molecule has 0 aliphatic carbocycles.